The second-order valence-electron chi connectivity index (χ2n) is 9.57. The van der Waals surface area contributed by atoms with Gasteiger partial charge in [-0.2, -0.15) is 0 Å². The molecule has 0 saturated carbocycles. The van der Waals surface area contributed by atoms with Gasteiger partial charge in [-0.3, -0.25) is 4.79 Å². The number of halogens is 1. The number of hydrogen-bond acceptors (Lipinski definition) is 8. The Balaban J connectivity index is 1.49. The van der Waals surface area contributed by atoms with Crippen molar-refractivity contribution in [3.8, 4) is 23.2 Å². The molecule has 4 rings (SSSR count). The van der Waals surface area contributed by atoms with Crippen LogP contribution in [0.1, 0.15) is 38.3 Å². The van der Waals surface area contributed by atoms with E-state index in [4.69, 9.17) is 4.74 Å². The van der Waals surface area contributed by atoms with Crippen molar-refractivity contribution >= 4 is 30.6 Å². The fraction of sp³-hybridized carbons (Fsp3) is 0.370. The summed E-state index contributed by atoms with van der Waals surface area (Å²) in [6, 6.07) is 14.7. The normalized spacial score (nSPS) is 18.8. The summed E-state index contributed by atoms with van der Waals surface area (Å²) < 4.78 is 22.3. The van der Waals surface area contributed by atoms with Gasteiger partial charge in [-0.05, 0) is 6.92 Å². The predicted octanol–water partition coefficient (Wildman–Crippen LogP) is 0.991. The monoisotopic (exact) mass is 580 g/mol. The number of carbonyl (C=O) groups excluding carboxylic acids is 1. The quantitative estimate of drug-likeness (QED) is 0.396. The number of aliphatic hydroxyl groups excluding tert-OH is 1. The molecule has 1 fully saturated rings. The number of aliphatic hydroxyl groups is 2. The molecular formula is C27H28AsFN5O4. The molecule has 9 nitrogen and oxygen atoms in total. The Morgan fingerprint density at radius 1 is 1.29 bits per heavy atom. The Morgan fingerprint density at radius 2 is 2.08 bits per heavy atom. The van der Waals surface area contributed by atoms with E-state index in [1.807, 2.05) is 24.3 Å². The van der Waals surface area contributed by atoms with Crippen LogP contribution in [0.25, 0.3) is 11.4 Å². The van der Waals surface area contributed by atoms with Crippen molar-refractivity contribution in [3.05, 3.63) is 59.9 Å². The van der Waals surface area contributed by atoms with Crippen LogP contribution >= 0.6 is 0 Å². The summed E-state index contributed by atoms with van der Waals surface area (Å²) in [6.07, 6.45) is -1.80. The maximum absolute atomic E-state index is 14.8. The third-order valence-electron chi connectivity index (χ3n) is 6.13. The van der Waals surface area contributed by atoms with Crippen LogP contribution in [0, 0.1) is 11.3 Å². The molecule has 0 spiro atoms. The third-order valence-corrected chi connectivity index (χ3v) is 8.13. The number of alkyl halides is 1. The van der Waals surface area contributed by atoms with E-state index in [9.17, 15) is 24.7 Å². The summed E-state index contributed by atoms with van der Waals surface area (Å²) in [6.45, 7) is 4.90. The van der Waals surface area contributed by atoms with Crippen molar-refractivity contribution in [3.63, 3.8) is 0 Å². The van der Waals surface area contributed by atoms with Crippen molar-refractivity contribution in [2.24, 2.45) is 0 Å². The molecule has 1 radical (unpaired) electrons. The van der Waals surface area contributed by atoms with Crippen LogP contribution in [0.2, 0.25) is 0 Å². The molecule has 1 saturated heterocycles. The maximum atomic E-state index is 14.8. The molecule has 0 bridgehead atoms. The van der Waals surface area contributed by atoms with Gasteiger partial charge < -0.3 is 5.11 Å². The number of ether oxygens (including phenoxy) is 1. The van der Waals surface area contributed by atoms with Gasteiger partial charge in [-0.1, -0.05) is 0 Å². The Bertz CT molecular complexity index is 1360. The average Bonchev–Trinajstić information content (AvgIpc) is 2.89. The number of likely N-dealkylation sites (tertiary alicyclic amines) is 1. The van der Waals surface area contributed by atoms with Crippen LogP contribution in [-0.2, 0) is 10.4 Å². The Morgan fingerprint density at radius 3 is 2.76 bits per heavy atom. The summed E-state index contributed by atoms with van der Waals surface area (Å²) in [5.74, 6) is 0.125. The van der Waals surface area contributed by atoms with E-state index < -0.39 is 45.6 Å². The molecule has 2 N–H and O–H groups in total. The van der Waals surface area contributed by atoms with E-state index in [1.54, 1.807) is 32.0 Å². The van der Waals surface area contributed by atoms with E-state index in [2.05, 4.69) is 21.0 Å². The molecule has 11 heteroatoms. The molecule has 38 heavy (non-hydrogen) atoms. The Labute approximate surface area is 227 Å². The summed E-state index contributed by atoms with van der Waals surface area (Å²) in [4.78, 5) is 26.4. The Hall–Kier alpha value is -3.38. The van der Waals surface area contributed by atoms with Gasteiger partial charge in [0.2, 0.25) is 0 Å². The average molecular weight is 580 g/mol. The van der Waals surface area contributed by atoms with Gasteiger partial charge in [0.05, 0.1) is 0 Å². The minimum atomic E-state index is -1.46. The molecule has 1 aliphatic heterocycles. The van der Waals surface area contributed by atoms with Crippen LogP contribution < -0.4 is 13.7 Å². The van der Waals surface area contributed by atoms with Gasteiger partial charge in [0.1, 0.15) is 6.10 Å². The number of benzene rings is 2. The first-order chi connectivity index (χ1) is 18.0. The number of carbonyl (C=O) groups is 1. The Kier molecular flexibility index (Phi) is 8.41. The van der Waals surface area contributed by atoms with Crippen molar-refractivity contribution in [1.29, 1.82) is 5.26 Å². The van der Waals surface area contributed by atoms with Crippen LogP contribution in [0.5, 0.6) is 5.75 Å². The summed E-state index contributed by atoms with van der Waals surface area (Å²) in [5, 5.41) is 29.5. The first-order valence-corrected chi connectivity index (χ1v) is 14.0. The molecule has 1 aromatic heterocycles. The first-order valence-electron chi connectivity index (χ1n) is 12.1. The fourth-order valence-electron chi connectivity index (χ4n) is 4.05. The summed E-state index contributed by atoms with van der Waals surface area (Å²) in [7, 11) is 0. The molecule has 2 aromatic carbocycles. The van der Waals surface area contributed by atoms with Crippen molar-refractivity contribution in [1.82, 2.24) is 19.9 Å². The first kappa shape index (κ1) is 27.6. The number of nitriles is 1. The van der Waals surface area contributed by atoms with E-state index in [-0.39, 0.29) is 30.8 Å². The zero-order chi connectivity index (χ0) is 27.4. The molecular weight excluding hydrogens is 552 g/mol. The second kappa shape index (κ2) is 11.6. The fourth-order valence-corrected chi connectivity index (χ4v) is 5.84. The molecule has 3 atom stereocenters. The minimum absolute atomic E-state index is 0.177. The van der Waals surface area contributed by atoms with Crippen molar-refractivity contribution in [2.75, 3.05) is 13.1 Å². The van der Waals surface area contributed by atoms with Crippen LogP contribution in [0.15, 0.2) is 48.8 Å². The van der Waals surface area contributed by atoms with Gasteiger partial charge >= 0.3 is 198 Å². The SMILES string of the molecule is C[C@H](O)C(=O)N1CC[C@H](Oc2ccc(-c3ncnc([As]c4cccc(C(C)(C)O)c4)n3)cc2C#N)[C@H](F)C1. The van der Waals surface area contributed by atoms with E-state index in [0.717, 1.165) is 9.91 Å². The molecule has 1 amide bonds. The number of nitrogens with zero attached hydrogens (tertiary/aromatic N) is 5. The molecule has 0 aliphatic carbocycles. The zero-order valence-corrected chi connectivity index (χ0v) is 23.1. The van der Waals surface area contributed by atoms with Crippen LogP contribution in [-0.4, -0.2) is 83.2 Å². The van der Waals surface area contributed by atoms with Crippen LogP contribution in [0.3, 0.4) is 0 Å². The van der Waals surface area contributed by atoms with Gasteiger partial charge in [-0.15, -0.1) is 0 Å². The zero-order valence-electron chi connectivity index (χ0n) is 21.2. The van der Waals surface area contributed by atoms with Crippen molar-refractivity contribution in [2.45, 2.75) is 51.2 Å². The number of amides is 1. The molecule has 1 aliphatic rings. The molecule has 197 valence electrons. The number of aromatic nitrogens is 3. The summed E-state index contributed by atoms with van der Waals surface area (Å²) in [5.41, 5.74) is 0.668. The van der Waals surface area contributed by atoms with E-state index >= 15 is 0 Å². The molecule has 0 unspecified atom stereocenters. The number of piperidine rings is 1. The third kappa shape index (κ3) is 6.54. The standard InChI is InChI=1S/C27H28AsFN5O4/c1-16(35)25(36)34-10-9-23(21(29)14-34)38-22-8-7-17(11-18(22)13-30)24-31-15-32-26(33-24)28-20-6-4-5-19(12-20)27(2,3)37/h4-8,11-12,15-16,21,23,35,37H,9-10,14H2,1-3H3/t16-,21+,23-/m0/s1. The van der Waals surface area contributed by atoms with E-state index in [0.29, 0.717) is 16.0 Å². The van der Waals surface area contributed by atoms with E-state index in [1.165, 1.54) is 18.2 Å². The summed E-state index contributed by atoms with van der Waals surface area (Å²) >= 11 is -0.569. The molecule has 2 heterocycles. The van der Waals surface area contributed by atoms with Crippen LogP contribution in [0.4, 0.5) is 4.39 Å². The van der Waals surface area contributed by atoms with Gasteiger partial charge in [0.25, 0.3) is 5.91 Å². The predicted molar refractivity (Wildman–Crippen MR) is 139 cm³/mol. The van der Waals surface area contributed by atoms with Gasteiger partial charge in [0.15, 0.2) is 0 Å². The number of hydrogen-bond donors (Lipinski definition) is 2. The number of rotatable bonds is 7. The molecule has 3 aromatic rings. The van der Waals surface area contributed by atoms with Gasteiger partial charge in [0, 0.05) is 0 Å². The van der Waals surface area contributed by atoms with Crippen molar-refractivity contribution < 1.29 is 24.1 Å². The second-order valence-corrected chi connectivity index (χ2v) is 12.0. The topological polar surface area (TPSA) is 132 Å². The van der Waals surface area contributed by atoms with Gasteiger partial charge in [-0.25, -0.2) is 0 Å².